The third-order valence-electron chi connectivity index (χ3n) is 3.21. The molecule has 1 heterocycles. The largest absolute Gasteiger partial charge is 0.367 e. The highest BCUT2D eigenvalue weighted by atomic mass is 15.0. The van der Waals surface area contributed by atoms with E-state index in [-0.39, 0.29) is 0 Å². The summed E-state index contributed by atoms with van der Waals surface area (Å²) in [5.41, 5.74) is 1.52. The van der Waals surface area contributed by atoms with Gasteiger partial charge in [-0.25, -0.2) is 4.98 Å². The summed E-state index contributed by atoms with van der Waals surface area (Å²) in [7, 11) is 0. The molecule has 18 heavy (non-hydrogen) atoms. The van der Waals surface area contributed by atoms with Gasteiger partial charge in [-0.15, -0.1) is 0 Å². The van der Waals surface area contributed by atoms with E-state index in [4.69, 9.17) is 0 Å². The number of pyridine rings is 1. The first kappa shape index (κ1) is 12.4. The number of benzene rings is 1. The Balaban J connectivity index is 2.45. The maximum atomic E-state index is 9.20. The zero-order valence-electron chi connectivity index (χ0n) is 10.9. The summed E-state index contributed by atoms with van der Waals surface area (Å²) in [6.45, 7) is 6.43. The van der Waals surface area contributed by atoms with Crippen LogP contribution in [0.1, 0.15) is 26.3 Å². The van der Waals surface area contributed by atoms with Crippen molar-refractivity contribution < 1.29 is 0 Å². The second kappa shape index (κ2) is 5.05. The van der Waals surface area contributed by atoms with Crippen molar-refractivity contribution in [3.8, 4) is 6.07 Å². The van der Waals surface area contributed by atoms with Crippen LogP contribution in [0.2, 0.25) is 0 Å². The van der Waals surface area contributed by atoms with Crippen LogP contribution in [0.3, 0.4) is 0 Å². The van der Waals surface area contributed by atoms with Crippen LogP contribution < -0.4 is 5.32 Å². The molecule has 0 saturated carbocycles. The van der Waals surface area contributed by atoms with E-state index in [0.717, 1.165) is 16.7 Å². The maximum Gasteiger partial charge on any atom is 0.128 e. The molecule has 1 aromatic carbocycles. The van der Waals surface area contributed by atoms with E-state index in [1.807, 2.05) is 30.3 Å². The molecule has 92 valence electrons. The first-order valence-corrected chi connectivity index (χ1v) is 6.18. The Morgan fingerprint density at radius 1 is 1.22 bits per heavy atom. The molecule has 0 aliphatic carbocycles. The molecule has 0 spiro atoms. The molecule has 0 saturated heterocycles. The van der Waals surface area contributed by atoms with Gasteiger partial charge in [-0.05, 0) is 25.0 Å². The number of hydrogen-bond donors (Lipinski definition) is 1. The van der Waals surface area contributed by atoms with Gasteiger partial charge < -0.3 is 5.32 Å². The number of para-hydroxylation sites is 1. The summed E-state index contributed by atoms with van der Waals surface area (Å²) in [6.07, 6.45) is 0. The minimum absolute atomic E-state index is 0.324. The average Bonchev–Trinajstić information content (AvgIpc) is 2.37. The lowest BCUT2D eigenvalue weighted by atomic mass is 10.1. The van der Waals surface area contributed by atoms with Gasteiger partial charge in [-0.2, -0.15) is 5.26 Å². The van der Waals surface area contributed by atoms with Crippen LogP contribution in [-0.4, -0.2) is 11.0 Å². The molecule has 0 amide bonds. The van der Waals surface area contributed by atoms with Gasteiger partial charge in [0.25, 0.3) is 0 Å². The summed E-state index contributed by atoms with van der Waals surface area (Å²) >= 11 is 0. The normalized spacial score (nSPS) is 12.4. The van der Waals surface area contributed by atoms with Gasteiger partial charge in [0.05, 0.1) is 17.1 Å². The van der Waals surface area contributed by atoms with Gasteiger partial charge in [0.15, 0.2) is 0 Å². The molecule has 3 nitrogen and oxygen atoms in total. The number of nitriles is 1. The Kier molecular flexibility index (Phi) is 3.47. The van der Waals surface area contributed by atoms with Gasteiger partial charge in [0.1, 0.15) is 5.82 Å². The highest BCUT2D eigenvalue weighted by Gasteiger charge is 2.10. The Hall–Kier alpha value is -2.08. The number of hydrogen-bond acceptors (Lipinski definition) is 3. The SMILES string of the molecule is CC(C)C(C)Nc1cc(C#N)c2ccccc2n1. The fourth-order valence-electron chi connectivity index (χ4n) is 1.74. The highest BCUT2D eigenvalue weighted by molar-refractivity contribution is 5.86. The third-order valence-corrected chi connectivity index (χ3v) is 3.21. The van der Waals surface area contributed by atoms with Crippen molar-refractivity contribution in [2.75, 3.05) is 5.32 Å². The topological polar surface area (TPSA) is 48.7 Å². The summed E-state index contributed by atoms with van der Waals surface area (Å²) < 4.78 is 0. The molecule has 3 heteroatoms. The van der Waals surface area contributed by atoms with Gasteiger partial charge >= 0.3 is 0 Å². The Morgan fingerprint density at radius 2 is 1.94 bits per heavy atom. The first-order valence-electron chi connectivity index (χ1n) is 6.18. The zero-order valence-corrected chi connectivity index (χ0v) is 10.9. The van der Waals surface area contributed by atoms with Crippen molar-refractivity contribution >= 4 is 16.7 Å². The van der Waals surface area contributed by atoms with E-state index < -0.39 is 0 Å². The predicted octanol–water partition coefficient (Wildman–Crippen LogP) is 3.56. The van der Waals surface area contributed by atoms with E-state index >= 15 is 0 Å². The first-order chi connectivity index (χ1) is 8.61. The second-order valence-corrected chi connectivity index (χ2v) is 4.86. The fourth-order valence-corrected chi connectivity index (χ4v) is 1.74. The molecule has 1 N–H and O–H groups in total. The number of aromatic nitrogens is 1. The van der Waals surface area contributed by atoms with Crippen LogP contribution in [0.4, 0.5) is 5.82 Å². The molecule has 0 aliphatic heterocycles. The van der Waals surface area contributed by atoms with Crippen LogP contribution in [0.25, 0.3) is 10.9 Å². The van der Waals surface area contributed by atoms with Crippen molar-refractivity contribution in [3.05, 3.63) is 35.9 Å². The van der Waals surface area contributed by atoms with Crippen LogP contribution in [0.15, 0.2) is 30.3 Å². The summed E-state index contributed by atoms with van der Waals surface area (Å²) in [4.78, 5) is 4.54. The smallest absolute Gasteiger partial charge is 0.128 e. The molecular weight excluding hydrogens is 222 g/mol. The van der Waals surface area contributed by atoms with Crippen molar-refractivity contribution in [2.45, 2.75) is 26.8 Å². The van der Waals surface area contributed by atoms with E-state index in [9.17, 15) is 5.26 Å². The lowest BCUT2D eigenvalue weighted by molar-refractivity contribution is 0.558. The Morgan fingerprint density at radius 3 is 2.61 bits per heavy atom. The van der Waals surface area contributed by atoms with Crippen LogP contribution in [-0.2, 0) is 0 Å². The molecule has 0 radical (unpaired) electrons. The van der Waals surface area contributed by atoms with Crippen molar-refractivity contribution in [1.29, 1.82) is 5.26 Å². The number of rotatable bonds is 3. The lowest BCUT2D eigenvalue weighted by Crippen LogP contribution is -2.22. The lowest BCUT2D eigenvalue weighted by Gasteiger charge is -2.18. The van der Waals surface area contributed by atoms with Crippen molar-refractivity contribution in [2.24, 2.45) is 5.92 Å². The minimum atomic E-state index is 0.324. The van der Waals surface area contributed by atoms with E-state index in [1.54, 1.807) is 0 Å². The van der Waals surface area contributed by atoms with Crippen LogP contribution in [0.5, 0.6) is 0 Å². The highest BCUT2D eigenvalue weighted by Crippen LogP contribution is 2.21. The molecule has 0 fully saturated rings. The molecular formula is C15H17N3. The molecule has 2 rings (SSSR count). The van der Waals surface area contributed by atoms with Gasteiger partial charge in [-0.1, -0.05) is 32.0 Å². The molecule has 0 aliphatic rings. The second-order valence-electron chi connectivity index (χ2n) is 4.86. The van der Waals surface area contributed by atoms with Crippen LogP contribution in [0, 0.1) is 17.2 Å². The third kappa shape index (κ3) is 2.43. The van der Waals surface area contributed by atoms with Gasteiger partial charge in [0, 0.05) is 11.4 Å². The summed E-state index contributed by atoms with van der Waals surface area (Å²) in [5.74, 6) is 1.29. The minimum Gasteiger partial charge on any atom is -0.367 e. The molecule has 1 atom stereocenters. The van der Waals surface area contributed by atoms with E-state index in [0.29, 0.717) is 17.5 Å². The van der Waals surface area contributed by atoms with Gasteiger partial charge in [-0.3, -0.25) is 0 Å². The van der Waals surface area contributed by atoms with E-state index in [1.165, 1.54) is 0 Å². The Bertz CT molecular complexity index is 596. The molecule has 1 unspecified atom stereocenters. The molecule has 1 aromatic heterocycles. The van der Waals surface area contributed by atoms with Crippen molar-refractivity contribution in [3.63, 3.8) is 0 Å². The quantitative estimate of drug-likeness (QED) is 0.890. The summed E-state index contributed by atoms with van der Waals surface area (Å²) in [6, 6.07) is 12.1. The predicted molar refractivity (Wildman–Crippen MR) is 74.4 cm³/mol. The molecule has 0 bridgehead atoms. The fraction of sp³-hybridized carbons (Fsp3) is 0.333. The number of nitrogens with one attached hydrogen (secondary N) is 1. The molecule has 2 aromatic rings. The zero-order chi connectivity index (χ0) is 13.1. The van der Waals surface area contributed by atoms with Crippen LogP contribution >= 0.6 is 0 Å². The Labute approximate surface area is 107 Å². The maximum absolute atomic E-state index is 9.20. The standard InChI is InChI=1S/C15H17N3/c1-10(2)11(3)17-15-8-12(9-16)13-6-4-5-7-14(13)18-15/h4-8,10-11H,1-3H3,(H,17,18). The number of anilines is 1. The number of fused-ring (bicyclic) bond motifs is 1. The van der Waals surface area contributed by atoms with E-state index in [2.05, 4.69) is 37.1 Å². The average molecular weight is 239 g/mol. The van der Waals surface area contributed by atoms with Gasteiger partial charge in [0.2, 0.25) is 0 Å². The monoisotopic (exact) mass is 239 g/mol. The summed E-state index contributed by atoms with van der Waals surface area (Å²) in [5, 5.41) is 13.4. The number of nitrogens with zero attached hydrogens (tertiary/aromatic N) is 2. The van der Waals surface area contributed by atoms with Crippen molar-refractivity contribution in [1.82, 2.24) is 4.98 Å².